The normalized spacial score (nSPS) is 11.6. The topological polar surface area (TPSA) is 101 Å². The Morgan fingerprint density at radius 2 is 1.88 bits per heavy atom. The molecule has 2 aromatic rings. The smallest absolute Gasteiger partial charge is 0.107 e. The molecule has 0 amide bonds. The van der Waals surface area contributed by atoms with Crippen molar-refractivity contribution in [2.24, 2.45) is 11.5 Å². The van der Waals surface area contributed by atoms with Crippen LogP contribution < -0.4 is 16.8 Å². The van der Waals surface area contributed by atoms with Gasteiger partial charge >= 0.3 is 0 Å². The maximum absolute atomic E-state index is 8.32. The number of pyridine rings is 1. The third kappa shape index (κ3) is 4.14. The lowest BCUT2D eigenvalue weighted by Gasteiger charge is -2.13. The summed E-state index contributed by atoms with van der Waals surface area (Å²) in [4.78, 5) is 4.28. The summed E-state index contributed by atoms with van der Waals surface area (Å²) in [5.74, 6) is 0.321. The van der Waals surface area contributed by atoms with Gasteiger partial charge < -0.3 is 16.8 Å². The Balaban J connectivity index is 2.21. The van der Waals surface area contributed by atoms with Gasteiger partial charge in [-0.3, -0.25) is 10.4 Å². The molecule has 24 heavy (non-hydrogen) atoms. The lowest BCUT2D eigenvalue weighted by atomic mass is 9.98. The SMILES string of the molecule is C=C(N)/C(C(=N)c1ccc(Cc2ccc(Cl)cn2)cc1)=C(\N)NC. The zero-order valence-corrected chi connectivity index (χ0v) is 14.2. The third-order valence-corrected chi connectivity index (χ3v) is 3.75. The summed E-state index contributed by atoms with van der Waals surface area (Å²) in [6, 6.07) is 11.3. The van der Waals surface area contributed by atoms with E-state index in [4.69, 9.17) is 28.5 Å². The Labute approximate surface area is 146 Å². The molecular weight excluding hydrogens is 322 g/mol. The summed E-state index contributed by atoms with van der Waals surface area (Å²) in [5, 5.41) is 11.7. The first kappa shape index (κ1) is 17.6. The van der Waals surface area contributed by atoms with Crippen molar-refractivity contribution in [1.29, 1.82) is 5.41 Å². The van der Waals surface area contributed by atoms with Crippen LogP contribution in [0, 0.1) is 5.41 Å². The second-order valence-electron chi connectivity index (χ2n) is 5.28. The molecule has 0 aliphatic carbocycles. The van der Waals surface area contributed by atoms with Gasteiger partial charge in [-0.25, -0.2) is 0 Å². The monoisotopic (exact) mass is 341 g/mol. The molecule has 6 N–H and O–H groups in total. The van der Waals surface area contributed by atoms with Crippen LogP contribution in [0.2, 0.25) is 5.02 Å². The van der Waals surface area contributed by atoms with Crippen molar-refractivity contribution in [3.05, 3.63) is 88.1 Å². The van der Waals surface area contributed by atoms with Crippen molar-refractivity contribution in [2.75, 3.05) is 7.05 Å². The highest BCUT2D eigenvalue weighted by Gasteiger charge is 2.13. The van der Waals surface area contributed by atoms with Crippen LogP contribution in [0.25, 0.3) is 0 Å². The highest BCUT2D eigenvalue weighted by molar-refractivity contribution is 6.30. The average molecular weight is 342 g/mol. The first-order valence-corrected chi connectivity index (χ1v) is 7.71. The molecule has 0 aliphatic heterocycles. The van der Waals surface area contributed by atoms with E-state index in [-0.39, 0.29) is 11.4 Å². The fraction of sp³-hybridized carbons (Fsp3) is 0.111. The van der Waals surface area contributed by atoms with Gasteiger partial charge in [0.15, 0.2) is 0 Å². The molecule has 124 valence electrons. The largest absolute Gasteiger partial charge is 0.399 e. The van der Waals surface area contributed by atoms with Gasteiger partial charge in [0.1, 0.15) is 5.82 Å². The molecule has 0 fully saturated rings. The molecule has 0 unspecified atom stereocenters. The number of hydrogen-bond donors (Lipinski definition) is 4. The van der Waals surface area contributed by atoms with Gasteiger partial charge in [0.25, 0.3) is 0 Å². The van der Waals surface area contributed by atoms with Crippen molar-refractivity contribution < 1.29 is 0 Å². The maximum Gasteiger partial charge on any atom is 0.107 e. The van der Waals surface area contributed by atoms with E-state index in [1.54, 1.807) is 13.2 Å². The van der Waals surface area contributed by atoms with E-state index in [2.05, 4.69) is 16.9 Å². The predicted octanol–water partition coefficient (Wildman–Crippen LogP) is 2.56. The minimum Gasteiger partial charge on any atom is -0.399 e. The van der Waals surface area contributed by atoms with Gasteiger partial charge in [-0.1, -0.05) is 42.4 Å². The lowest BCUT2D eigenvalue weighted by Crippen LogP contribution is -2.24. The second kappa shape index (κ2) is 7.66. The summed E-state index contributed by atoms with van der Waals surface area (Å²) >= 11 is 5.84. The van der Waals surface area contributed by atoms with E-state index in [0.29, 0.717) is 28.4 Å². The van der Waals surface area contributed by atoms with E-state index in [1.165, 1.54) is 0 Å². The number of nitrogens with one attached hydrogen (secondary N) is 2. The molecule has 6 heteroatoms. The summed E-state index contributed by atoms with van der Waals surface area (Å²) in [6.45, 7) is 3.69. The van der Waals surface area contributed by atoms with Crippen molar-refractivity contribution in [3.8, 4) is 0 Å². The number of hydrogen-bond acceptors (Lipinski definition) is 5. The molecule has 1 aromatic heterocycles. The number of benzene rings is 1. The van der Waals surface area contributed by atoms with E-state index in [1.807, 2.05) is 36.4 Å². The second-order valence-corrected chi connectivity index (χ2v) is 5.72. The van der Waals surface area contributed by atoms with Crippen LogP contribution in [0.1, 0.15) is 16.8 Å². The first-order chi connectivity index (χ1) is 11.4. The van der Waals surface area contributed by atoms with Crippen LogP contribution in [0.5, 0.6) is 0 Å². The quantitative estimate of drug-likeness (QED) is 0.479. The van der Waals surface area contributed by atoms with Crippen LogP contribution in [0.15, 0.2) is 66.3 Å². The third-order valence-electron chi connectivity index (χ3n) is 3.53. The van der Waals surface area contributed by atoms with Crippen molar-refractivity contribution in [1.82, 2.24) is 10.3 Å². The number of halogens is 1. The molecule has 1 aromatic carbocycles. The number of aromatic nitrogens is 1. The number of allylic oxidation sites excluding steroid dienone is 1. The Morgan fingerprint density at radius 1 is 1.21 bits per heavy atom. The van der Waals surface area contributed by atoms with Crippen LogP contribution in [0.3, 0.4) is 0 Å². The highest BCUT2D eigenvalue weighted by Crippen LogP contribution is 2.16. The van der Waals surface area contributed by atoms with Gasteiger partial charge in [-0.2, -0.15) is 0 Å². The molecule has 1 heterocycles. The Hall–Kier alpha value is -2.79. The fourth-order valence-corrected chi connectivity index (χ4v) is 2.36. The van der Waals surface area contributed by atoms with E-state index < -0.39 is 0 Å². The summed E-state index contributed by atoms with van der Waals surface area (Å²) in [5.41, 5.74) is 15.2. The number of nitrogens with two attached hydrogens (primary N) is 2. The molecule has 0 radical (unpaired) electrons. The molecule has 0 bridgehead atoms. The van der Waals surface area contributed by atoms with Crippen LogP contribution in [0.4, 0.5) is 0 Å². The van der Waals surface area contributed by atoms with Gasteiger partial charge in [-0.15, -0.1) is 0 Å². The standard InChI is InChI=1S/C18H20ClN5/c1-11(20)16(18(22)23-2)17(21)13-5-3-12(4-6-13)9-15-8-7-14(19)10-24-15/h3-8,10,21,23H,1,9,20,22H2,2H3/b18-16-,21-17?. The summed E-state index contributed by atoms with van der Waals surface area (Å²) in [6.07, 6.45) is 2.32. The average Bonchev–Trinajstić information content (AvgIpc) is 2.57. The zero-order valence-electron chi connectivity index (χ0n) is 13.4. The van der Waals surface area contributed by atoms with Gasteiger partial charge in [0.2, 0.25) is 0 Å². The predicted molar refractivity (Wildman–Crippen MR) is 98.9 cm³/mol. The van der Waals surface area contributed by atoms with E-state index >= 15 is 0 Å². The Kier molecular flexibility index (Phi) is 5.60. The highest BCUT2D eigenvalue weighted by atomic mass is 35.5. The lowest BCUT2D eigenvalue weighted by molar-refractivity contribution is 0.949. The zero-order chi connectivity index (χ0) is 17.7. The molecule has 0 aliphatic rings. The minimum absolute atomic E-state index is 0.227. The summed E-state index contributed by atoms with van der Waals surface area (Å²) in [7, 11) is 1.67. The molecule has 0 atom stereocenters. The van der Waals surface area contributed by atoms with Gasteiger partial charge in [0, 0.05) is 36.6 Å². The van der Waals surface area contributed by atoms with Crippen molar-refractivity contribution in [3.63, 3.8) is 0 Å². The number of nitrogens with zero attached hydrogens (tertiary/aromatic N) is 1. The van der Waals surface area contributed by atoms with Gasteiger partial charge in [-0.05, 0) is 17.7 Å². The van der Waals surface area contributed by atoms with Gasteiger partial charge in [0.05, 0.1) is 16.3 Å². The molecule has 0 spiro atoms. The van der Waals surface area contributed by atoms with Crippen LogP contribution in [-0.2, 0) is 6.42 Å². The van der Waals surface area contributed by atoms with E-state index in [9.17, 15) is 0 Å². The number of rotatable bonds is 6. The van der Waals surface area contributed by atoms with Crippen LogP contribution >= 0.6 is 11.6 Å². The molecule has 2 rings (SSSR count). The minimum atomic E-state index is 0.227. The van der Waals surface area contributed by atoms with Crippen molar-refractivity contribution >= 4 is 17.3 Å². The van der Waals surface area contributed by atoms with Crippen molar-refractivity contribution in [2.45, 2.75) is 6.42 Å². The molecule has 0 saturated heterocycles. The summed E-state index contributed by atoms with van der Waals surface area (Å²) < 4.78 is 0. The fourth-order valence-electron chi connectivity index (χ4n) is 2.25. The Morgan fingerprint density at radius 3 is 2.38 bits per heavy atom. The molecular formula is C18H20ClN5. The Bertz CT molecular complexity index is 776. The molecule has 5 nitrogen and oxygen atoms in total. The maximum atomic E-state index is 8.32. The molecule has 0 saturated carbocycles. The van der Waals surface area contributed by atoms with E-state index in [0.717, 1.165) is 11.3 Å². The first-order valence-electron chi connectivity index (χ1n) is 7.33. The van der Waals surface area contributed by atoms with Crippen LogP contribution in [-0.4, -0.2) is 17.7 Å².